The van der Waals surface area contributed by atoms with E-state index >= 15 is 0 Å². The fourth-order valence-corrected chi connectivity index (χ4v) is 3.17. The van der Waals surface area contributed by atoms with Crippen molar-refractivity contribution in [3.63, 3.8) is 0 Å². The highest BCUT2D eigenvalue weighted by Gasteiger charge is 2.26. The van der Waals surface area contributed by atoms with E-state index in [1.807, 2.05) is 56.3 Å². The molecule has 144 valence electrons. The molecule has 1 N–H and O–H groups in total. The van der Waals surface area contributed by atoms with Gasteiger partial charge in [-0.15, -0.1) is 0 Å². The lowest BCUT2D eigenvalue weighted by atomic mass is 10.1. The normalized spacial score (nSPS) is 11.6. The van der Waals surface area contributed by atoms with Gasteiger partial charge >= 0.3 is 0 Å². The molecule has 5 nitrogen and oxygen atoms in total. The fraction of sp³-hybridized carbons (Fsp3) is 0.333. The Kier molecular flexibility index (Phi) is 7.42. The smallest absolute Gasteiger partial charge is 0.261 e. The van der Waals surface area contributed by atoms with E-state index in [-0.39, 0.29) is 18.4 Å². The maximum absolute atomic E-state index is 12.9. The van der Waals surface area contributed by atoms with Crippen molar-refractivity contribution >= 4 is 27.7 Å². The van der Waals surface area contributed by atoms with Crippen molar-refractivity contribution in [2.45, 2.75) is 33.4 Å². The summed E-state index contributed by atoms with van der Waals surface area (Å²) in [6, 6.07) is 12.8. The Morgan fingerprint density at radius 3 is 2.56 bits per heavy atom. The minimum Gasteiger partial charge on any atom is -0.483 e. The van der Waals surface area contributed by atoms with Crippen molar-refractivity contribution in [1.29, 1.82) is 0 Å². The van der Waals surface area contributed by atoms with Crippen molar-refractivity contribution in [3.8, 4) is 5.75 Å². The molecule has 2 aromatic rings. The number of nitrogens with one attached hydrogen (secondary N) is 1. The summed E-state index contributed by atoms with van der Waals surface area (Å²) in [6.45, 7) is 5.87. The number of halogens is 1. The number of nitrogens with zero attached hydrogens (tertiary/aromatic N) is 1. The highest BCUT2D eigenvalue weighted by molar-refractivity contribution is 9.10. The molecule has 1 unspecified atom stereocenters. The van der Waals surface area contributed by atoms with Crippen LogP contribution in [-0.2, 0) is 16.1 Å². The number of carbonyl (C=O) groups excluding carboxylic acids is 2. The summed E-state index contributed by atoms with van der Waals surface area (Å²) in [6.07, 6.45) is 0. The zero-order valence-corrected chi connectivity index (χ0v) is 17.7. The van der Waals surface area contributed by atoms with E-state index in [1.165, 1.54) is 4.90 Å². The molecule has 2 rings (SSSR count). The summed E-state index contributed by atoms with van der Waals surface area (Å²) >= 11 is 3.44. The van der Waals surface area contributed by atoms with Crippen LogP contribution in [0.25, 0.3) is 0 Å². The second kappa shape index (κ2) is 9.55. The lowest BCUT2D eigenvalue weighted by Crippen LogP contribution is -2.48. The van der Waals surface area contributed by atoms with E-state index in [2.05, 4.69) is 21.2 Å². The van der Waals surface area contributed by atoms with Crippen molar-refractivity contribution in [3.05, 3.63) is 63.6 Å². The number of carbonyl (C=O) groups is 2. The first-order valence-corrected chi connectivity index (χ1v) is 9.57. The second-order valence-corrected chi connectivity index (χ2v) is 7.34. The summed E-state index contributed by atoms with van der Waals surface area (Å²) < 4.78 is 6.68. The molecule has 0 aliphatic carbocycles. The Balaban J connectivity index is 2.17. The summed E-state index contributed by atoms with van der Waals surface area (Å²) in [7, 11) is 1.56. The van der Waals surface area contributed by atoms with Gasteiger partial charge in [0, 0.05) is 18.1 Å². The predicted molar refractivity (Wildman–Crippen MR) is 110 cm³/mol. The Morgan fingerprint density at radius 1 is 1.19 bits per heavy atom. The number of ether oxygens (including phenoxy) is 1. The lowest BCUT2D eigenvalue weighted by Gasteiger charge is -2.28. The maximum atomic E-state index is 12.9. The minimum absolute atomic E-state index is 0.125. The number of aryl methyl sites for hydroxylation is 1. The molecule has 2 aromatic carbocycles. The molecule has 1 atom stereocenters. The van der Waals surface area contributed by atoms with Gasteiger partial charge in [0.2, 0.25) is 5.91 Å². The molecule has 0 radical (unpaired) electrons. The Bertz CT molecular complexity index is 823. The first-order chi connectivity index (χ1) is 12.8. The Hall–Kier alpha value is -2.34. The third-order valence-electron chi connectivity index (χ3n) is 4.56. The van der Waals surface area contributed by atoms with Crippen LogP contribution in [0.4, 0.5) is 0 Å². The molecule has 0 aliphatic heterocycles. The summed E-state index contributed by atoms with van der Waals surface area (Å²) in [5.74, 6) is 0.218. The first kappa shape index (κ1) is 21.0. The van der Waals surface area contributed by atoms with E-state index in [4.69, 9.17) is 4.74 Å². The van der Waals surface area contributed by atoms with E-state index in [0.717, 1.165) is 21.2 Å². The molecule has 0 bridgehead atoms. The average Bonchev–Trinajstić information content (AvgIpc) is 2.66. The van der Waals surface area contributed by atoms with Crippen LogP contribution in [0.15, 0.2) is 46.9 Å². The summed E-state index contributed by atoms with van der Waals surface area (Å²) in [5.41, 5.74) is 3.04. The molecule has 0 saturated carbocycles. The number of hydrogen-bond acceptors (Lipinski definition) is 3. The Morgan fingerprint density at radius 2 is 1.89 bits per heavy atom. The summed E-state index contributed by atoms with van der Waals surface area (Å²) in [4.78, 5) is 26.5. The van der Waals surface area contributed by atoms with E-state index in [9.17, 15) is 9.59 Å². The third-order valence-corrected chi connectivity index (χ3v) is 5.05. The van der Waals surface area contributed by atoms with Crippen LogP contribution in [0.3, 0.4) is 0 Å². The molecular weight excluding hydrogens is 408 g/mol. The fourth-order valence-electron chi connectivity index (χ4n) is 2.73. The highest BCUT2D eigenvalue weighted by Crippen LogP contribution is 2.21. The first-order valence-electron chi connectivity index (χ1n) is 8.78. The molecule has 27 heavy (non-hydrogen) atoms. The van der Waals surface area contributed by atoms with Crippen LogP contribution < -0.4 is 10.1 Å². The SMILES string of the molecule is CNC(=O)C(C)N(Cc1cccc(Br)c1)C(=O)COc1cccc(C)c1C. The van der Waals surface area contributed by atoms with Crippen LogP contribution in [0.5, 0.6) is 5.75 Å². The van der Waals surface area contributed by atoms with E-state index in [0.29, 0.717) is 12.3 Å². The maximum Gasteiger partial charge on any atom is 0.261 e. The topological polar surface area (TPSA) is 58.6 Å². The Labute approximate surface area is 168 Å². The van der Waals surface area contributed by atoms with E-state index < -0.39 is 6.04 Å². The van der Waals surface area contributed by atoms with Crippen molar-refractivity contribution in [2.24, 2.45) is 0 Å². The van der Waals surface area contributed by atoms with Gasteiger partial charge in [-0.25, -0.2) is 0 Å². The van der Waals surface area contributed by atoms with Crippen molar-refractivity contribution < 1.29 is 14.3 Å². The number of likely N-dealkylation sites (N-methyl/N-ethyl adjacent to an activating group) is 1. The van der Waals surface area contributed by atoms with Gasteiger partial charge in [-0.1, -0.05) is 40.2 Å². The largest absolute Gasteiger partial charge is 0.483 e. The third kappa shape index (κ3) is 5.57. The van der Waals surface area contributed by atoms with Crippen molar-refractivity contribution in [1.82, 2.24) is 10.2 Å². The van der Waals surface area contributed by atoms with Crippen molar-refractivity contribution in [2.75, 3.05) is 13.7 Å². The number of rotatable bonds is 7. The molecule has 0 heterocycles. The quantitative estimate of drug-likeness (QED) is 0.726. The van der Waals surface area contributed by atoms with Crippen LogP contribution in [0.2, 0.25) is 0 Å². The van der Waals surface area contributed by atoms with Crippen LogP contribution >= 0.6 is 15.9 Å². The van der Waals surface area contributed by atoms with Gasteiger partial charge < -0.3 is 15.0 Å². The van der Waals surface area contributed by atoms with Gasteiger partial charge in [0.1, 0.15) is 11.8 Å². The molecule has 0 aromatic heterocycles. The minimum atomic E-state index is -0.608. The van der Waals surface area contributed by atoms with Gasteiger partial charge in [0.05, 0.1) is 0 Å². The highest BCUT2D eigenvalue weighted by atomic mass is 79.9. The van der Waals surface area contributed by atoms with Gasteiger partial charge in [-0.2, -0.15) is 0 Å². The zero-order chi connectivity index (χ0) is 20.0. The number of hydrogen-bond donors (Lipinski definition) is 1. The van der Waals surface area contributed by atoms with Crippen LogP contribution in [-0.4, -0.2) is 36.4 Å². The van der Waals surface area contributed by atoms with Gasteiger partial charge in [0.15, 0.2) is 6.61 Å². The zero-order valence-electron chi connectivity index (χ0n) is 16.1. The molecule has 0 spiro atoms. The molecule has 0 aliphatic rings. The molecule has 0 fully saturated rings. The molecule has 0 saturated heterocycles. The second-order valence-electron chi connectivity index (χ2n) is 6.43. The molecule has 2 amide bonds. The number of benzene rings is 2. The van der Waals surface area contributed by atoms with E-state index in [1.54, 1.807) is 14.0 Å². The average molecular weight is 433 g/mol. The lowest BCUT2D eigenvalue weighted by molar-refractivity contribution is -0.142. The molecular formula is C21H25BrN2O3. The van der Waals surface area contributed by atoms with Gasteiger partial charge in [-0.3, -0.25) is 9.59 Å². The monoisotopic (exact) mass is 432 g/mol. The standard InChI is InChI=1S/C21H25BrN2O3/c1-14-7-5-10-19(15(14)2)27-13-20(25)24(16(3)21(26)23-4)12-17-8-6-9-18(22)11-17/h5-11,16H,12-13H2,1-4H3,(H,23,26). The molecule has 6 heteroatoms. The van der Waals surface area contributed by atoms with Gasteiger partial charge in [-0.05, 0) is 55.7 Å². The number of amides is 2. The predicted octanol–water partition coefficient (Wildman–Crippen LogP) is 3.61. The van der Waals surface area contributed by atoms with Crippen LogP contribution in [0, 0.1) is 13.8 Å². The van der Waals surface area contributed by atoms with Crippen LogP contribution in [0.1, 0.15) is 23.6 Å². The summed E-state index contributed by atoms with van der Waals surface area (Å²) in [5, 5.41) is 2.60. The van der Waals surface area contributed by atoms with Gasteiger partial charge in [0.25, 0.3) is 5.91 Å².